The zero-order valence-corrected chi connectivity index (χ0v) is 11.8. The lowest BCUT2D eigenvalue weighted by Gasteiger charge is -2.12. The van der Waals surface area contributed by atoms with E-state index in [4.69, 9.17) is 4.74 Å². The minimum atomic E-state index is 0.249. The Morgan fingerprint density at radius 3 is 2.70 bits per heavy atom. The van der Waals surface area contributed by atoms with Crippen molar-refractivity contribution in [1.82, 2.24) is 15.5 Å². The van der Waals surface area contributed by atoms with Crippen LogP contribution in [0.2, 0.25) is 0 Å². The van der Waals surface area contributed by atoms with Crippen LogP contribution in [0.5, 0.6) is 11.6 Å². The summed E-state index contributed by atoms with van der Waals surface area (Å²) in [7, 11) is 1.87. The highest BCUT2D eigenvalue weighted by Crippen LogP contribution is 2.27. The molecule has 20 heavy (non-hydrogen) atoms. The lowest BCUT2D eigenvalue weighted by atomic mass is 10.1. The highest BCUT2D eigenvalue weighted by Gasteiger charge is 2.14. The Morgan fingerprint density at radius 2 is 2.00 bits per heavy atom. The molecule has 0 saturated carbocycles. The van der Waals surface area contributed by atoms with Gasteiger partial charge < -0.3 is 10.1 Å². The van der Waals surface area contributed by atoms with Crippen LogP contribution in [0.15, 0.2) is 24.3 Å². The van der Waals surface area contributed by atoms with Gasteiger partial charge in [-0.05, 0) is 32.5 Å². The topological polar surface area (TPSA) is 70.8 Å². The summed E-state index contributed by atoms with van der Waals surface area (Å²) in [5.41, 5.74) is 2.96. The molecule has 5 nitrogen and oxygen atoms in total. The normalized spacial score (nSPS) is 10.1. The van der Waals surface area contributed by atoms with Crippen LogP contribution in [-0.2, 0) is 6.54 Å². The van der Waals surface area contributed by atoms with Crippen LogP contribution in [0.3, 0.4) is 0 Å². The number of benzene rings is 1. The van der Waals surface area contributed by atoms with Gasteiger partial charge in [0.15, 0.2) is 0 Å². The second-order valence-electron chi connectivity index (χ2n) is 4.44. The average molecular weight is 268 g/mol. The van der Waals surface area contributed by atoms with E-state index in [0.29, 0.717) is 17.9 Å². The Bertz CT molecular complexity index is 661. The molecular formula is C15H16N4O. The first kappa shape index (κ1) is 14.0. The Labute approximate surface area is 118 Å². The van der Waals surface area contributed by atoms with Gasteiger partial charge in [0.05, 0.1) is 5.69 Å². The van der Waals surface area contributed by atoms with Gasteiger partial charge >= 0.3 is 0 Å². The monoisotopic (exact) mass is 268 g/mol. The number of hydrogen-bond donors (Lipinski definition) is 1. The quantitative estimate of drug-likeness (QED) is 0.922. The molecule has 0 unspecified atom stereocenters. The molecule has 1 aromatic heterocycles. The lowest BCUT2D eigenvalue weighted by molar-refractivity contribution is 0.445. The van der Waals surface area contributed by atoms with Crippen LogP contribution < -0.4 is 10.1 Å². The fraction of sp³-hybridized carbons (Fsp3) is 0.267. The number of nitriles is 1. The molecule has 0 bridgehead atoms. The second kappa shape index (κ2) is 6.13. The van der Waals surface area contributed by atoms with E-state index in [9.17, 15) is 5.26 Å². The van der Waals surface area contributed by atoms with Crippen LogP contribution in [0.1, 0.15) is 22.4 Å². The summed E-state index contributed by atoms with van der Waals surface area (Å²) in [4.78, 5) is 0. The van der Waals surface area contributed by atoms with E-state index < -0.39 is 0 Å². The molecule has 2 aromatic rings. The molecule has 2 rings (SSSR count). The SMILES string of the molecule is CNCc1ccccc1Oc1nnc(C)c(C)c1C#N. The zero-order chi connectivity index (χ0) is 14.5. The third-order valence-electron chi connectivity index (χ3n) is 3.08. The van der Waals surface area contributed by atoms with Gasteiger partial charge in [0.1, 0.15) is 17.4 Å². The summed E-state index contributed by atoms with van der Waals surface area (Å²) in [5, 5.41) is 20.4. The van der Waals surface area contributed by atoms with Crippen molar-refractivity contribution in [3.63, 3.8) is 0 Å². The largest absolute Gasteiger partial charge is 0.436 e. The van der Waals surface area contributed by atoms with Crippen molar-refractivity contribution in [3.8, 4) is 17.7 Å². The Balaban J connectivity index is 2.41. The summed E-state index contributed by atoms with van der Waals surface area (Å²) in [6.45, 7) is 4.34. The maximum absolute atomic E-state index is 9.26. The van der Waals surface area contributed by atoms with Crippen LogP contribution in [0, 0.1) is 25.2 Å². The summed E-state index contributed by atoms with van der Waals surface area (Å²) in [5.74, 6) is 0.926. The van der Waals surface area contributed by atoms with Crippen molar-refractivity contribution in [2.75, 3.05) is 7.05 Å². The first-order chi connectivity index (χ1) is 9.67. The number of para-hydroxylation sites is 1. The zero-order valence-electron chi connectivity index (χ0n) is 11.8. The number of hydrogen-bond acceptors (Lipinski definition) is 5. The van der Waals surface area contributed by atoms with Gasteiger partial charge in [0.2, 0.25) is 0 Å². The Kier molecular flexibility index (Phi) is 4.28. The van der Waals surface area contributed by atoms with Gasteiger partial charge in [-0.1, -0.05) is 18.2 Å². The van der Waals surface area contributed by atoms with E-state index in [0.717, 1.165) is 16.8 Å². The number of ether oxygens (including phenoxy) is 1. The third kappa shape index (κ3) is 2.76. The van der Waals surface area contributed by atoms with E-state index >= 15 is 0 Å². The van der Waals surface area contributed by atoms with Gasteiger partial charge in [-0.15, -0.1) is 5.10 Å². The summed E-state index contributed by atoms with van der Waals surface area (Å²) >= 11 is 0. The van der Waals surface area contributed by atoms with Gasteiger partial charge in [-0.25, -0.2) is 0 Å². The molecule has 1 N–H and O–H groups in total. The van der Waals surface area contributed by atoms with E-state index in [-0.39, 0.29) is 5.88 Å². The van der Waals surface area contributed by atoms with E-state index in [1.54, 1.807) is 0 Å². The molecule has 0 spiro atoms. The first-order valence-corrected chi connectivity index (χ1v) is 6.31. The molecular weight excluding hydrogens is 252 g/mol. The fourth-order valence-electron chi connectivity index (χ4n) is 1.83. The molecule has 1 aromatic carbocycles. The van der Waals surface area contributed by atoms with Gasteiger partial charge in [0.25, 0.3) is 5.88 Å². The third-order valence-corrected chi connectivity index (χ3v) is 3.08. The highest BCUT2D eigenvalue weighted by molar-refractivity contribution is 5.47. The Hall–Kier alpha value is -2.45. The molecule has 0 saturated heterocycles. The van der Waals surface area contributed by atoms with Crippen molar-refractivity contribution in [2.45, 2.75) is 20.4 Å². The van der Waals surface area contributed by atoms with Crippen molar-refractivity contribution < 1.29 is 4.74 Å². The molecule has 0 atom stereocenters. The summed E-state index contributed by atoms with van der Waals surface area (Å²) in [6, 6.07) is 9.78. The average Bonchev–Trinajstić information content (AvgIpc) is 2.45. The van der Waals surface area contributed by atoms with Crippen molar-refractivity contribution in [2.24, 2.45) is 0 Å². The number of rotatable bonds is 4. The van der Waals surface area contributed by atoms with Crippen LogP contribution >= 0.6 is 0 Å². The summed E-state index contributed by atoms with van der Waals surface area (Å²) < 4.78 is 5.78. The molecule has 5 heteroatoms. The second-order valence-corrected chi connectivity index (χ2v) is 4.44. The minimum Gasteiger partial charge on any atom is -0.436 e. The molecule has 0 aliphatic rings. The molecule has 0 aliphatic heterocycles. The maximum atomic E-state index is 9.26. The number of aromatic nitrogens is 2. The van der Waals surface area contributed by atoms with Crippen molar-refractivity contribution in [3.05, 3.63) is 46.6 Å². The number of nitrogens with zero attached hydrogens (tertiary/aromatic N) is 3. The molecule has 0 amide bonds. The van der Waals surface area contributed by atoms with E-state index in [1.807, 2.05) is 45.2 Å². The van der Waals surface area contributed by atoms with E-state index in [1.165, 1.54) is 0 Å². The molecule has 0 aliphatic carbocycles. The number of nitrogens with one attached hydrogen (secondary N) is 1. The summed E-state index contributed by atoms with van der Waals surface area (Å²) in [6.07, 6.45) is 0. The lowest BCUT2D eigenvalue weighted by Crippen LogP contribution is -2.07. The number of aryl methyl sites for hydroxylation is 1. The smallest absolute Gasteiger partial charge is 0.257 e. The van der Waals surface area contributed by atoms with Crippen LogP contribution in [-0.4, -0.2) is 17.2 Å². The molecule has 0 fully saturated rings. The van der Waals surface area contributed by atoms with E-state index in [2.05, 4.69) is 21.6 Å². The molecule has 102 valence electrons. The molecule has 0 radical (unpaired) electrons. The fourth-order valence-corrected chi connectivity index (χ4v) is 1.83. The highest BCUT2D eigenvalue weighted by atomic mass is 16.5. The predicted octanol–water partition coefficient (Wildman–Crippen LogP) is 2.48. The van der Waals surface area contributed by atoms with Crippen molar-refractivity contribution in [1.29, 1.82) is 5.26 Å². The van der Waals surface area contributed by atoms with Crippen molar-refractivity contribution >= 4 is 0 Å². The van der Waals surface area contributed by atoms with Crippen LogP contribution in [0.25, 0.3) is 0 Å². The predicted molar refractivity (Wildman–Crippen MR) is 75.5 cm³/mol. The van der Waals surface area contributed by atoms with Gasteiger partial charge in [-0.3, -0.25) is 0 Å². The van der Waals surface area contributed by atoms with Crippen LogP contribution in [0.4, 0.5) is 0 Å². The molecule has 1 heterocycles. The standard InChI is InChI=1S/C15H16N4O/c1-10-11(2)18-19-15(13(10)8-16)20-14-7-5-4-6-12(14)9-17-3/h4-7,17H,9H2,1-3H3. The van der Waals surface area contributed by atoms with Gasteiger partial charge in [-0.2, -0.15) is 10.4 Å². The first-order valence-electron chi connectivity index (χ1n) is 6.31. The Morgan fingerprint density at radius 1 is 1.25 bits per heavy atom. The minimum absolute atomic E-state index is 0.249. The maximum Gasteiger partial charge on any atom is 0.257 e. The van der Waals surface area contributed by atoms with Gasteiger partial charge in [0, 0.05) is 12.1 Å².